The van der Waals surface area contributed by atoms with E-state index in [0.717, 1.165) is 23.2 Å². The van der Waals surface area contributed by atoms with Gasteiger partial charge in [0.05, 0.1) is 25.8 Å². The Morgan fingerprint density at radius 2 is 1.79 bits per heavy atom. The van der Waals surface area contributed by atoms with E-state index in [2.05, 4.69) is 24.8 Å². The molecule has 1 N–H and O–H groups in total. The van der Waals surface area contributed by atoms with E-state index in [9.17, 15) is 5.11 Å². The molecule has 1 aliphatic heterocycles. The maximum absolute atomic E-state index is 11.1. The monoisotopic (exact) mass is 327 g/mol. The summed E-state index contributed by atoms with van der Waals surface area (Å²) in [5, 5.41) is 11.1. The normalized spacial score (nSPS) is 20.6. The fourth-order valence-corrected chi connectivity index (χ4v) is 3.64. The summed E-state index contributed by atoms with van der Waals surface area (Å²) in [7, 11) is 3.24. The molecule has 24 heavy (non-hydrogen) atoms. The first-order valence-electron chi connectivity index (χ1n) is 8.40. The average molecular weight is 327 g/mol. The van der Waals surface area contributed by atoms with E-state index in [-0.39, 0.29) is 6.04 Å². The largest absolute Gasteiger partial charge is 0.493 e. The Bertz CT molecular complexity index is 702. The predicted molar refractivity (Wildman–Crippen MR) is 95.6 cm³/mol. The van der Waals surface area contributed by atoms with Gasteiger partial charge >= 0.3 is 0 Å². The smallest absolute Gasteiger partial charge is 0.168 e. The lowest BCUT2D eigenvalue weighted by Gasteiger charge is -2.33. The van der Waals surface area contributed by atoms with E-state index in [1.54, 1.807) is 14.2 Å². The summed E-state index contributed by atoms with van der Waals surface area (Å²) >= 11 is 0. The molecule has 0 saturated heterocycles. The van der Waals surface area contributed by atoms with Crippen molar-refractivity contribution in [1.29, 1.82) is 0 Å². The number of hydrogen-bond acceptors (Lipinski definition) is 4. The van der Waals surface area contributed by atoms with Crippen LogP contribution in [0.1, 0.15) is 43.7 Å². The first-order valence-corrected chi connectivity index (χ1v) is 8.40. The molecule has 0 saturated carbocycles. The van der Waals surface area contributed by atoms with E-state index in [1.807, 2.05) is 36.4 Å². The average Bonchev–Trinajstić information content (AvgIpc) is 2.93. The van der Waals surface area contributed by atoms with Crippen molar-refractivity contribution in [2.24, 2.45) is 5.92 Å². The minimum absolute atomic E-state index is 0.0993. The van der Waals surface area contributed by atoms with Crippen LogP contribution in [-0.2, 0) is 0 Å². The Labute approximate surface area is 143 Å². The summed E-state index contributed by atoms with van der Waals surface area (Å²) in [6.45, 7) is 4.40. The van der Waals surface area contributed by atoms with Gasteiger partial charge in [0.25, 0.3) is 0 Å². The third-order valence-corrected chi connectivity index (χ3v) is 5.00. The molecule has 0 amide bonds. The SMILES string of the molecule is CCC(C)C1c2ccc(OC)c(OC)c2C(O)N1c1ccccc1. The van der Waals surface area contributed by atoms with Gasteiger partial charge in [-0.3, -0.25) is 0 Å². The fourth-order valence-electron chi connectivity index (χ4n) is 3.64. The van der Waals surface area contributed by atoms with E-state index in [0.29, 0.717) is 17.4 Å². The Morgan fingerprint density at radius 3 is 2.38 bits per heavy atom. The first-order chi connectivity index (χ1) is 11.6. The molecule has 0 aliphatic carbocycles. The van der Waals surface area contributed by atoms with Crippen molar-refractivity contribution >= 4 is 5.69 Å². The minimum Gasteiger partial charge on any atom is -0.493 e. The number of aliphatic hydroxyl groups excluding tert-OH is 1. The Hall–Kier alpha value is -2.20. The van der Waals surface area contributed by atoms with Crippen molar-refractivity contribution in [2.45, 2.75) is 32.5 Å². The van der Waals surface area contributed by atoms with Crippen LogP contribution in [0.25, 0.3) is 0 Å². The van der Waals surface area contributed by atoms with Crippen molar-refractivity contribution in [3.05, 3.63) is 53.6 Å². The number of anilines is 1. The van der Waals surface area contributed by atoms with Gasteiger partial charge in [-0.25, -0.2) is 0 Å². The molecule has 0 radical (unpaired) electrons. The molecule has 3 unspecified atom stereocenters. The highest BCUT2D eigenvalue weighted by atomic mass is 16.5. The van der Waals surface area contributed by atoms with E-state index in [4.69, 9.17) is 9.47 Å². The van der Waals surface area contributed by atoms with Crippen LogP contribution < -0.4 is 14.4 Å². The Balaban J connectivity index is 2.19. The highest BCUT2D eigenvalue weighted by Gasteiger charge is 2.42. The van der Waals surface area contributed by atoms with Gasteiger partial charge in [0.1, 0.15) is 0 Å². The van der Waals surface area contributed by atoms with E-state index >= 15 is 0 Å². The summed E-state index contributed by atoms with van der Waals surface area (Å²) in [6.07, 6.45) is 0.264. The van der Waals surface area contributed by atoms with Crippen LogP contribution in [-0.4, -0.2) is 19.3 Å². The molecule has 1 heterocycles. The highest BCUT2D eigenvalue weighted by molar-refractivity contribution is 5.63. The second-order valence-electron chi connectivity index (χ2n) is 6.25. The zero-order valence-corrected chi connectivity index (χ0v) is 14.7. The zero-order valence-electron chi connectivity index (χ0n) is 14.7. The number of para-hydroxylation sites is 1. The van der Waals surface area contributed by atoms with Gasteiger partial charge in [-0.2, -0.15) is 0 Å². The molecule has 4 nitrogen and oxygen atoms in total. The van der Waals surface area contributed by atoms with Crippen LogP contribution in [0.3, 0.4) is 0 Å². The minimum atomic E-state index is -0.758. The standard InChI is InChI=1S/C20H25NO3/c1-5-13(2)18-15-11-12-16(23-3)19(24-4)17(15)20(22)21(18)14-9-7-6-8-10-14/h6-13,18,20,22H,5H2,1-4H3. The number of rotatable bonds is 5. The van der Waals surface area contributed by atoms with Crippen molar-refractivity contribution in [2.75, 3.05) is 19.1 Å². The van der Waals surface area contributed by atoms with Crippen LogP contribution in [0.5, 0.6) is 11.5 Å². The Kier molecular flexibility index (Phi) is 4.67. The van der Waals surface area contributed by atoms with Gasteiger partial charge in [-0.15, -0.1) is 0 Å². The molecule has 2 aromatic carbocycles. The van der Waals surface area contributed by atoms with Crippen LogP contribution in [0.15, 0.2) is 42.5 Å². The first kappa shape index (κ1) is 16.7. The molecule has 0 bridgehead atoms. The summed E-state index contributed by atoms with van der Waals surface area (Å²) in [4.78, 5) is 2.08. The van der Waals surface area contributed by atoms with Crippen LogP contribution in [0, 0.1) is 5.92 Å². The van der Waals surface area contributed by atoms with Gasteiger partial charge in [0.2, 0.25) is 0 Å². The summed E-state index contributed by atoms with van der Waals surface area (Å²) in [5.74, 6) is 1.65. The van der Waals surface area contributed by atoms with Gasteiger partial charge < -0.3 is 19.5 Å². The maximum atomic E-state index is 11.1. The van der Waals surface area contributed by atoms with Crippen LogP contribution >= 0.6 is 0 Å². The number of benzene rings is 2. The van der Waals surface area contributed by atoms with Gasteiger partial charge in [0, 0.05) is 5.69 Å². The topological polar surface area (TPSA) is 41.9 Å². The highest BCUT2D eigenvalue weighted by Crippen LogP contribution is 2.52. The third-order valence-electron chi connectivity index (χ3n) is 5.00. The number of nitrogens with zero attached hydrogens (tertiary/aromatic N) is 1. The number of aliphatic hydroxyl groups is 1. The number of ether oxygens (including phenoxy) is 2. The van der Waals surface area contributed by atoms with Crippen molar-refractivity contribution in [3.8, 4) is 11.5 Å². The van der Waals surface area contributed by atoms with Crippen LogP contribution in [0.2, 0.25) is 0 Å². The maximum Gasteiger partial charge on any atom is 0.168 e. The summed E-state index contributed by atoms with van der Waals surface area (Å²) in [6, 6.07) is 14.1. The number of methoxy groups -OCH3 is 2. The van der Waals surface area contributed by atoms with Gasteiger partial charge in [0.15, 0.2) is 17.7 Å². The molecule has 3 rings (SSSR count). The van der Waals surface area contributed by atoms with E-state index < -0.39 is 6.23 Å². The lowest BCUT2D eigenvalue weighted by molar-refractivity contribution is 0.164. The quantitative estimate of drug-likeness (QED) is 0.889. The molecule has 1 aliphatic rings. The van der Waals surface area contributed by atoms with Crippen molar-refractivity contribution in [3.63, 3.8) is 0 Å². The van der Waals surface area contributed by atoms with E-state index in [1.165, 1.54) is 0 Å². The molecule has 2 aromatic rings. The van der Waals surface area contributed by atoms with Gasteiger partial charge in [-0.1, -0.05) is 44.5 Å². The molecule has 0 spiro atoms. The molecule has 3 atom stereocenters. The second-order valence-corrected chi connectivity index (χ2v) is 6.25. The molecule has 4 heteroatoms. The Morgan fingerprint density at radius 1 is 1.08 bits per heavy atom. The molecular weight excluding hydrogens is 302 g/mol. The molecule has 0 aromatic heterocycles. The zero-order chi connectivity index (χ0) is 17.3. The van der Waals surface area contributed by atoms with Crippen molar-refractivity contribution in [1.82, 2.24) is 0 Å². The number of hydrogen-bond donors (Lipinski definition) is 1. The summed E-state index contributed by atoms with van der Waals surface area (Å²) < 4.78 is 11.0. The lowest BCUT2D eigenvalue weighted by atomic mass is 9.91. The third kappa shape index (κ3) is 2.51. The molecular formula is C20H25NO3. The molecule has 128 valence electrons. The fraction of sp³-hybridized carbons (Fsp3) is 0.400. The summed E-state index contributed by atoms with van der Waals surface area (Å²) in [5.41, 5.74) is 2.93. The number of fused-ring (bicyclic) bond motifs is 1. The lowest BCUT2D eigenvalue weighted by Crippen LogP contribution is -2.29. The van der Waals surface area contributed by atoms with Gasteiger partial charge in [-0.05, 0) is 29.7 Å². The molecule has 0 fully saturated rings. The van der Waals surface area contributed by atoms with Crippen molar-refractivity contribution < 1.29 is 14.6 Å². The van der Waals surface area contributed by atoms with Crippen LogP contribution in [0.4, 0.5) is 5.69 Å². The second kappa shape index (κ2) is 6.73. The predicted octanol–water partition coefficient (Wildman–Crippen LogP) is 4.30.